The lowest BCUT2D eigenvalue weighted by Crippen LogP contribution is -2.34. The Labute approximate surface area is 126 Å². The summed E-state index contributed by atoms with van der Waals surface area (Å²) in [5.41, 5.74) is 0.480. The number of aliphatic hydroxyl groups excluding tert-OH is 1. The molecule has 5 nitrogen and oxygen atoms in total. The van der Waals surface area contributed by atoms with Crippen LogP contribution in [0.4, 0.5) is 0 Å². The standard InChI is InChI=1S/C15H23NO4S/c1-3-4-5-10-16(11-12-17)21(19,20)15-8-6-14(7-9-15)13(2)18/h6-9,17H,3-5,10-12H2,1-2H3. The summed E-state index contributed by atoms with van der Waals surface area (Å²) in [6, 6.07) is 5.91. The number of Topliss-reactive ketones (excluding diaryl/α,β-unsaturated/α-hetero) is 1. The van der Waals surface area contributed by atoms with E-state index >= 15 is 0 Å². The van der Waals surface area contributed by atoms with Crippen LogP contribution in [-0.4, -0.2) is 43.3 Å². The second kappa shape index (κ2) is 8.26. The average Bonchev–Trinajstić information content (AvgIpc) is 2.46. The Hall–Kier alpha value is -1.24. The molecule has 0 aliphatic heterocycles. The fourth-order valence-electron chi connectivity index (χ4n) is 2.01. The number of rotatable bonds is 9. The topological polar surface area (TPSA) is 74.7 Å². The summed E-state index contributed by atoms with van der Waals surface area (Å²) in [5.74, 6) is -0.103. The molecule has 0 atom stereocenters. The minimum absolute atomic E-state index is 0.0838. The third-order valence-corrected chi connectivity index (χ3v) is 5.17. The molecular formula is C15H23NO4S. The zero-order valence-corrected chi connectivity index (χ0v) is 13.4. The highest BCUT2D eigenvalue weighted by molar-refractivity contribution is 7.89. The summed E-state index contributed by atoms with van der Waals surface area (Å²) in [7, 11) is -3.62. The number of nitrogens with zero attached hydrogens (tertiary/aromatic N) is 1. The molecule has 0 aliphatic rings. The Morgan fingerprint density at radius 1 is 1.14 bits per heavy atom. The molecule has 0 spiro atoms. The van der Waals surface area contributed by atoms with Crippen LogP contribution in [0.5, 0.6) is 0 Å². The van der Waals surface area contributed by atoms with Gasteiger partial charge in [0, 0.05) is 18.7 Å². The Bertz CT molecular complexity index is 552. The van der Waals surface area contributed by atoms with E-state index in [4.69, 9.17) is 5.11 Å². The summed E-state index contributed by atoms with van der Waals surface area (Å²) >= 11 is 0. The number of ketones is 1. The van der Waals surface area contributed by atoms with Gasteiger partial charge in [-0.3, -0.25) is 4.79 Å². The summed E-state index contributed by atoms with van der Waals surface area (Å²) in [5, 5.41) is 9.07. The molecule has 0 amide bonds. The molecule has 21 heavy (non-hydrogen) atoms. The number of benzene rings is 1. The molecule has 0 bridgehead atoms. The first-order valence-corrected chi connectivity index (χ1v) is 8.59. The molecule has 0 aromatic heterocycles. The van der Waals surface area contributed by atoms with Crippen molar-refractivity contribution in [1.29, 1.82) is 0 Å². The van der Waals surface area contributed by atoms with Crippen LogP contribution in [0.3, 0.4) is 0 Å². The van der Waals surface area contributed by atoms with Crippen LogP contribution in [0.25, 0.3) is 0 Å². The molecule has 0 aliphatic carbocycles. The number of unbranched alkanes of at least 4 members (excludes halogenated alkanes) is 2. The summed E-state index contributed by atoms with van der Waals surface area (Å²) < 4.78 is 26.4. The van der Waals surface area contributed by atoms with E-state index in [1.54, 1.807) is 0 Å². The highest BCUT2D eigenvalue weighted by Crippen LogP contribution is 2.17. The average molecular weight is 313 g/mol. The smallest absolute Gasteiger partial charge is 0.243 e. The normalized spacial score (nSPS) is 11.8. The lowest BCUT2D eigenvalue weighted by molar-refractivity contribution is 0.101. The van der Waals surface area contributed by atoms with Crippen molar-refractivity contribution in [1.82, 2.24) is 4.31 Å². The van der Waals surface area contributed by atoms with Crippen molar-refractivity contribution in [2.24, 2.45) is 0 Å². The van der Waals surface area contributed by atoms with Crippen molar-refractivity contribution in [2.45, 2.75) is 38.0 Å². The van der Waals surface area contributed by atoms with Crippen LogP contribution in [0.15, 0.2) is 29.2 Å². The highest BCUT2D eigenvalue weighted by atomic mass is 32.2. The predicted octanol–water partition coefficient (Wildman–Crippen LogP) is 2.06. The van der Waals surface area contributed by atoms with Gasteiger partial charge in [-0.05, 0) is 25.5 Å². The molecule has 0 radical (unpaired) electrons. The van der Waals surface area contributed by atoms with Gasteiger partial charge in [-0.1, -0.05) is 31.9 Å². The predicted molar refractivity (Wildman–Crippen MR) is 81.8 cm³/mol. The summed E-state index contributed by atoms with van der Waals surface area (Å²) in [6.07, 6.45) is 2.71. The number of carbonyl (C=O) groups is 1. The van der Waals surface area contributed by atoms with E-state index < -0.39 is 10.0 Å². The first-order chi connectivity index (χ1) is 9.93. The molecule has 1 aromatic carbocycles. The molecule has 0 saturated heterocycles. The maximum Gasteiger partial charge on any atom is 0.243 e. The lowest BCUT2D eigenvalue weighted by Gasteiger charge is -2.21. The van der Waals surface area contributed by atoms with E-state index in [0.29, 0.717) is 12.1 Å². The largest absolute Gasteiger partial charge is 0.395 e. The number of carbonyl (C=O) groups excluding carboxylic acids is 1. The second-order valence-corrected chi connectivity index (χ2v) is 6.85. The van der Waals surface area contributed by atoms with Gasteiger partial charge < -0.3 is 5.11 Å². The lowest BCUT2D eigenvalue weighted by atomic mass is 10.2. The molecule has 1 aromatic rings. The van der Waals surface area contributed by atoms with Gasteiger partial charge >= 0.3 is 0 Å². The SMILES string of the molecule is CCCCCN(CCO)S(=O)(=O)c1ccc(C(C)=O)cc1. The van der Waals surface area contributed by atoms with Gasteiger partial charge in [-0.2, -0.15) is 4.31 Å². The third-order valence-electron chi connectivity index (χ3n) is 3.26. The van der Waals surface area contributed by atoms with E-state index in [9.17, 15) is 13.2 Å². The van der Waals surface area contributed by atoms with Gasteiger partial charge in [0.05, 0.1) is 11.5 Å². The molecular weight excluding hydrogens is 290 g/mol. The van der Waals surface area contributed by atoms with E-state index in [2.05, 4.69) is 0 Å². The van der Waals surface area contributed by atoms with Crippen LogP contribution in [0.1, 0.15) is 43.5 Å². The van der Waals surface area contributed by atoms with Crippen molar-refractivity contribution in [3.63, 3.8) is 0 Å². The quantitative estimate of drug-likeness (QED) is 0.559. The van der Waals surface area contributed by atoms with Gasteiger partial charge in [0.1, 0.15) is 0 Å². The van der Waals surface area contributed by atoms with Gasteiger partial charge in [0.2, 0.25) is 10.0 Å². The van der Waals surface area contributed by atoms with E-state index in [1.807, 2.05) is 6.92 Å². The van der Waals surface area contributed by atoms with E-state index in [0.717, 1.165) is 19.3 Å². The summed E-state index contributed by atoms with van der Waals surface area (Å²) in [4.78, 5) is 11.4. The molecule has 0 saturated carbocycles. The first kappa shape index (κ1) is 17.8. The number of aliphatic hydroxyl groups is 1. The molecule has 1 rings (SSSR count). The zero-order chi connectivity index (χ0) is 15.9. The molecule has 1 N–H and O–H groups in total. The molecule has 0 unspecified atom stereocenters. The monoisotopic (exact) mass is 313 g/mol. The Balaban J connectivity index is 2.95. The second-order valence-electron chi connectivity index (χ2n) is 4.92. The fourth-order valence-corrected chi connectivity index (χ4v) is 3.48. The first-order valence-electron chi connectivity index (χ1n) is 7.15. The van der Waals surface area contributed by atoms with Crippen LogP contribution < -0.4 is 0 Å². The number of sulfonamides is 1. The Kier molecular flexibility index (Phi) is 7.01. The van der Waals surface area contributed by atoms with Crippen LogP contribution in [-0.2, 0) is 10.0 Å². The van der Waals surface area contributed by atoms with Crippen molar-refractivity contribution in [2.75, 3.05) is 19.7 Å². The van der Waals surface area contributed by atoms with Crippen molar-refractivity contribution < 1.29 is 18.3 Å². The Morgan fingerprint density at radius 2 is 1.76 bits per heavy atom. The molecule has 0 fully saturated rings. The third kappa shape index (κ3) is 4.91. The van der Waals surface area contributed by atoms with E-state index in [1.165, 1.54) is 35.5 Å². The van der Waals surface area contributed by atoms with Gasteiger partial charge in [0.15, 0.2) is 5.78 Å². The van der Waals surface area contributed by atoms with Gasteiger partial charge in [-0.25, -0.2) is 8.42 Å². The van der Waals surface area contributed by atoms with Crippen LogP contribution in [0, 0.1) is 0 Å². The zero-order valence-electron chi connectivity index (χ0n) is 12.6. The number of hydrogen-bond acceptors (Lipinski definition) is 4. The Morgan fingerprint density at radius 3 is 2.24 bits per heavy atom. The van der Waals surface area contributed by atoms with Crippen LogP contribution in [0.2, 0.25) is 0 Å². The summed E-state index contributed by atoms with van der Waals surface area (Å²) in [6.45, 7) is 3.75. The number of hydrogen-bond donors (Lipinski definition) is 1. The molecule has 118 valence electrons. The fraction of sp³-hybridized carbons (Fsp3) is 0.533. The molecule has 6 heteroatoms. The van der Waals surface area contributed by atoms with Crippen molar-refractivity contribution >= 4 is 15.8 Å². The minimum atomic E-state index is -3.62. The highest BCUT2D eigenvalue weighted by Gasteiger charge is 2.23. The minimum Gasteiger partial charge on any atom is -0.395 e. The van der Waals surface area contributed by atoms with Crippen molar-refractivity contribution in [3.05, 3.63) is 29.8 Å². The maximum atomic E-state index is 12.5. The van der Waals surface area contributed by atoms with Gasteiger partial charge in [-0.15, -0.1) is 0 Å². The van der Waals surface area contributed by atoms with Crippen molar-refractivity contribution in [3.8, 4) is 0 Å². The maximum absolute atomic E-state index is 12.5. The van der Waals surface area contributed by atoms with Crippen LogP contribution >= 0.6 is 0 Å². The molecule has 0 heterocycles. The van der Waals surface area contributed by atoms with E-state index in [-0.39, 0.29) is 23.8 Å². The van der Waals surface area contributed by atoms with Gasteiger partial charge in [0.25, 0.3) is 0 Å².